The molecule has 1 aromatic rings. The van der Waals surface area contributed by atoms with Crippen LogP contribution in [0.5, 0.6) is 0 Å². The summed E-state index contributed by atoms with van der Waals surface area (Å²) in [6, 6.07) is 6.70. The van der Waals surface area contributed by atoms with E-state index in [9.17, 15) is 13.2 Å². The third kappa shape index (κ3) is 5.19. The molecular weight excluding hydrogens is 331 g/mol. The molecule has 0 bridgehead atoms. The molecule has 0 aromatic heterocycles. The van der Waals surface area contributed by atoms with Gasteiger partial charge in [0.1, 0.15) is 0 Å². The fourth-order valence-corrected chi connectivity index (χ4v) is 5.42. The van der Waals surface area contributed by atoms with Crippen LogP contribution in [0.2, 0.25) is 18.1 Å². The molecule has 0 aliphatic rings. The molecule has 0 amide bonds. The smallest absolute Gasteiger partial charge is 0.413 e. The van der Waals surface area contributed by atoms with Gasteiger partial charge in [-0.3, -0.25) is 0 Å². The molecule has 2 N–H and O–H groups in total. The quantitative estimate of drug-likeness (QED) is 0.599. The predicted octanol–water partition coefficient (Wildman–Crippen LogP) is 5.76. The average Bonchev–Trinajstić information content (AvgIpc) is 2.54. The SMILES string of the molecule is CC[Si](CC)(CC)OC/C=C\c1c([C@@H](C)N)cccc1C(F)(F)F. The van der Waals surface area contributed by atoms with Gasteiger partial charge in [0.05, 0.1) is 12.2 Å². The minimum absolute atomic E-state index is 0.139. The minimum Gasteiger partial charge on any atom is -0.413 e. The van der Waals surface area contributed by atoms with Crippen LogP contribution in [0.25, 0.3) is 6.08 Å². The predicted molar refractivity (Wildman–Crippen MR) is 96.2 cm³/mol. The lowest BCUT2D eigenvalue weighted by Gasteiger charge is -2.27. The van der Waals surface area contributed by atoms with Crippen molar-refractivity contribution in [2.75, 3.05) is 6.61 Å². The Bertz CT molecular complexity index is 543. The highest BCUT2D eigenvalue weighted by molar-refractivity contribution is 6.73. The fraction of sp³-hybridized carbons (Fsp3) is 0.556. The van der Waals surface area contributed by atoms with Gasteiger partial charge in [-0.2, -0.15) is 13.2 Å². The van der Waals surface area contributed by atoms with E-state index in [1.54, 1.807) is 19.1 Å². The highest BCUT2D eigenvalue weighted by atomic mass is 28.4. The Hall–Kier alpha value is -1.11. The third-order valence-corrected chi connectivity index (χ3v) is 9.28. The van der Waals surface area contributed by atoms with Crippen LogP contribution in [0.1, 0.15) is 50.4 Å². The van der Waals surface area contributed by atoms with Crippen LogP contribution in [0, 0.1) is 0 Å². The molecule has 1 aromatic carbocycles. The second-order valence-electron chi connectivity index (χ2n) is 6.05. The first-order chi connectivity index (χ1) is 11.2. The molecule has 24 heavy (non-hydrogen) atoms. The summed E-state index contributed by atoms with van der Waals surface area (Å²) < 4.78 is 45.8. The molecule has 0 fully saturated rings. The molecule has 0 heterocycles. The van der Waals surface area contributed by atoms with Crippen molar-refractivity contribution >= 4 is 14.4 Å². The largest absolute Gasteiger partial charge is 0.416 e. The molecule has 136 valence electrons. The van der Waals surface area contributed by atoms with Gasteiger partial charge in [0.25, 0.3) is 0 Å². The maximum absolute atomic E-state index is 13.3. The fourth-order valence-electron chi connectivity index (χ4n) is 2.86. The van der Waals surface area contributed by atoms with Gasteiger partial charge in [0.2, 0.25) is 0 Å². The van der Waals surface area contributed by atoms with E-state index in [-0.39, 0.29) is 5.56 Å². The standard InChI is InChI=1S/C18H28F3NOSi/c1-5-24(6-2,7-3)23-13-9-11-16-15(14(4)22)10-8-12-17(16)18(19,20)21/h8-12,14H,5-7,13,22H2,1-4H3/b11-9-/t14-/m1/s1. The van der Waals surface area contributed by atoms with Crippen LogP contribution in [0.15, 0.2) is 24.3 Å². The van der Waals surface area contributed by atoms with Gasteiger partial charge in [0, 0.05) is 6.04 Å². The van der Waals surface area contributed by atoms with E-state index in [0.29, 0.717) is 12.2 Å². The second kappa shape index (κ2) is 8.83. The van der Waals surface area contributed by atoms with Gasteiger partial charge in [-0.05, 0) is 42.2 Å². The van der Waals surface area contributed by atoms with Crippen molar-refractivity contribution in [1.82, 2.24) is 0 Å². The number of alkyl halides is 3. The number of hydrogen-bond acceptors (Lipinski definition) is 2. The Morgan fingerprint density at radius 3 is 2.21 bits per heavy atom. The molecule has 0 saturated carbocycles. The van der Waals surface area contributed by atoms with Crippen LogP contribution in [0.4, 0.5) is 13.2 Å². The van der Waals surface area contributed by atoms with Crippen LogP contribution >= 0.6 is 0 Å². The molecule has 1 rings (SSSR count). The van der Waals surface area contributed by atoms with Crippen molar-refractivity contribution < 1.29 is 17.6 Å². The average molecular weight is 360 g/mol. The molecule has 0 saturated heterocycles. The summed E-state index contributed by atoms with van der Waals surface area (Å²) in [6.45, 7) is 8.39. The topological polar surface area (TPSA) is 35.2 Å². The monoisotopic (exact) mass is 359 g/mol. The van der Waals surface area contributed by atoms with Crippen LogP contribution in [0.3, 0.4) is 0 Å². The highest BCUT2D eigenvalue weighted by Gasteiger charge is 2.34. The maximum atomic E-state index is 13.3. The molecule has 0 aliphatic carbocycles. The normalized spacial score (nSPS) is 14.3. The van der Waals surface area contributed by atoms with Gasteiger partial charge >= 0.3 is 6.18 Å². The zero-order valence-electron chi connectivity index (χ0n) is 14.9. The van der Waals surface area contributed by atoms with Crippen LogP contribution in [-0.2, 0) is 10.6 Å². The van der Waals surface area contributed by atoms with E-state index in [4.69, 9.17) is 10.2 Å². The molecule has 0 radical (unpaired) electrons. The van der Waals surface area contributed by atoms with Crippen molar-refractivity contribution in [3.8, 4) is 0 Å². The summed E-state index contributed by atoms with van der Waals surface area (Å²) in [7, 11) is -1.74. The molecular formula is C18H28F3NOSi. The van der Waals surface area contributed by atoms with E-state index >= 15 is 0 Å². The van der Waals surface area contributed by atoms with Gasteiger partial charge in [0.15, 0.2) is 8.32 Å². The Labute approximate surface area is 144 Å². The number of hydrogen-bond donors (Lipinski definition) is 1. The van der Waals surface area contributed by atoms with Crippen molar-refractivity contribution in [2.24, 2.45) is 5.73 Å². The van der Waals surface area contributed by atoms with E-state index < -0.39 is 26.1 Å². The molecule has 0 aliphatic heterocycles. The second-order valence-corrected chi connectivity index (χ2v) is 10.8. The van der Waals surface area contributed by atoms with Crippen LogP contribution in [-0.4, -0.2) is 14.9 Å². The lowest BCUT2D eigenvalue weighted by atomic mass is 9.96. The Balaban J connectivity index is 3.05. The van der Waals surface area contributed by atoms with Gasteiger partial charge < -0.3 is 10.2 Å². The zero-order valence-corrected chi connectivity index (χ0v) is 15.9. The summed E-state index contributed by atoms with van der Waals surface area (Å²) in [4.78, 5) is 0. The van der Waals surface area contributed by atoms with Crippen molar-refractivity contribution in [2.45, 2.75) is 58.0 Å². The molecule has 2 nitrogen and oxygen atoms in total. The van der Waals surface area contributed by atoms with Crippen molar-refractivity contribution in [1.29, 1.82) is 0 Å². The Kier molecular flexibility index (Phi) is 7.70. The lowest BCUT2D eigenvalue weighted by Crippen LogP contribution is -2.35. The summed E-state index contributed by atoms with van der Waals surface area (Å²) in [5, 5.41) is 0. The lowest BCUT2D eigenvalue weighted by molar-refractivity contribution is -0.137. The van der Waals surface area contributed by atoms with E-state index in [2.05, 4.69) is 20.8 Å². The molecule has 6 heteroatoms. The first kappa shape index (κ1) is 20.9. The maximum Gasteiger partial charge on any atom is 0.416 e. The molecule has 0 unspecified atom stereocenters. The third-order valence-electron chi connectivity index (χ3n) is 4.64. The first-order valence-corrected chi connectivity index (χ1v) is 11.0. The van der Waals surface area contributed by atoms with Crippen molar-refractivity contribution in [3.63, 3.8) is 0 Å². The van der Waals surface area contributed by atoms with Gasteiger partial charge in [-0.1, -0.05) is 45.1 Å². The summed E-state index contributed by atoms with van der Waals surface area (Å²) in [6.07, 6.45) is -1.22. The molecule has 1 atom stereocenters. The van der Waals surface area contributed by atoms with Gasteiger partial charge in [-0.15, -0.1) is 0 Å². The van der Waals surface area contributed by atoms with E-state index in [1.807, 2.05) is 0 Å². The Morgan fingerprint density at radius 2 is 1.75 bits per heavy atom. The summed E-state index contributed by atoms with van der Waals surface area (Å²) in [5.41, 5.74) is 5.82. The Morgan fingerprint density at radius 1 is 1.17 bits per heavy atom. The number of nitrogens with two attached hydrogens (primary N) is 1. The van der Waals surface area contributed by atoms with E-state index in [1.165, 1.54) is 12.1 Å². The highest BCUT2D eigenvalue weighted by Crippen LogP contribution is 2.35. The first-order valence-electron chi connectivity index (χ1n) is 8.47. The van der Waals surface area contributed by atoms with Crippen molar-refractivity contribution in [3.05, 3.63) is 41.0 Å². The minimum atomic E-state index is -4.40. The zero-order chi connectivity index (χ0) is 18.4. The summed E-state index contributed by atoms with van der Waals surface area (Å²) >= 11 is 0. The van der Waals surface area contributed by atoms with Crippen LogP contribution < -0.4 is 5.73 Å². The number of benzene rings is 1. The van der Waals surface area contributed by atoms with Gasteiger partial charge in [-0.25, -0.2) is 0 Å². The number of halogens is 3. The summed E-state index contributed by atoms with van der Waals surface area (Å²) in [5.74, 6) is 0. The van der Waals surface area contributed by atoms with E-state index in [0.717, 1.165) is 24.2 Å². The molecule has 0 spiro atoms. The number of rotatable bonds is 8.